The van der Waals surface area contributed by atoms with Crippen molar-refractivity contribution in [3.8, 4) is 0 Å². The summed E-state index contributed by atoms with van der Waals surface area (Å²) in [7, 11) is 0. The molecular weight excluding hydrogens is 475 g/mol. The summed E-state index contributed by atoms with van der Waals surface area (Å²) in [6, 6.07) is 6.46. The van der Waals surface area contributed by atoms with Gasteiger partial charge in [0.1, 0.15) is 26.1 Å². The Bertz CT molecular complexity index is 1470. The lowest BCUT2D eigenvalue weighted by molar-refractivity contribution is -0.137. The second-order valence-corrected chi connectivity index (χ2v) is 9.12. The highest BCUT2D eigenvalue weighted by Gasteiger charge is 2.31. The van der Waals surface area contributed by atoms with Crippen LogP contribution in [0.25, 0.3) is 21.3 Å². The molecule has 7 nitrogen and oxygen atoms in total. The molecule has 1 amide bonds. The SMILES string of the molecule is O=C(Nc1cnc2sc(CO)nc2c1)c1cc2cc(C(F)(F)F)ccc2n1Cc1nccs1. The Morgan fingerprint density at radius 2 is 2.00 bits per heavy atom. The number of aliphatic hydroxyl groups is 1. The van der Waals surface area contributed by atoms with E-state index < -0.39 is 17.6 Å². The molecule has 2 N–H and O–H groups in total. The number of amides is 1. The van der Waals surface area contributed by atoms with Crippen LogP contribution >= 0.6 is 22.7 Å². The Balaban J connectivity index is 1.54. The number of thiazole rings is 2. The minimum Gasteiger partial charge on any atom is -0.389 e. The first-order chi connectivity index (χ1) is 15.8. The standard InChI is InChI=1S/C21H14F3N5O2S2/c22-21(23,24)12-1-2-15-11(5-12)6-16(29(15)9-17-25-3-4-32-17)19(31)27-13-7-14-20(26-8-13)33-18(10-30)28-14/h1-8,30H,9-10H2,(H,27,31). The number of nitrogens with one attached hydrogen (secondary N) is 1. The van der Waals surface area contributed by atoms with E-state index in [2.05, 4.69) is 20.3 Å². The zero-order valence-electron chi connectivity index (χ0n) is 16.6. The Kier molecular flexibility index (Phi) is 5.35. The number of carbonyl (C=O) groups excluding carboxylic acids is 1. The molecule has 0 aliphatic carbocycles. The highest BCUT2D eigenvalue weighted by Crippen LogP contribution is 2.33. The average Bonchev–Trinajstić information content (AvgIpc) is 3.51. The molecule has 12 heteroatoms. The number of alkyl halides is 3. The number of anilines is 1. The first kappa shape index (κ1) is 21.5. The van der Waals surface area contributed by atoms with Gasteiger partial charge in [0.15, 0.2) is 0 Å². The predicted octanol–water partition coefficient (Wildman–Crippen LogP) is 4.91. The van der Waals surface area contributed by atoms with Crippen LogP contribution in [0.3, 0.4) is 0 Å². The highest BCUT2D eigenvalue weighted by molar-refractivity contribution is 7.18. The Hall–Kier alpha value is -3.35. The van der Waals surface area contributed by atoms with Gasteiger partial charge in [0.25, 0.3) is 5.91 Å². The summed E-state index contributed by atoms with van der Waals surface area (Å²) in [4.78, 5) is 26.5. The van der Waals surface area contributed by atoms with Gasteiger partial charge in [-0.25, -0.2) is 15.0 Å². The van der Waals surface area contributed by atoms with Crippen LogP contribution in [0.1, 0.15) is 26.1 Å². The van der Waals surface area contributed by atoms with Gasteiger partial charge in [0.2, 0.25) is 0 Å². The number of hydrogen-bond donors (Lipinski definition) is 2. The Morgan fingerprint density at radius 1 is 1.15 bits per heavy atom. The average molecular weight is 490 g/mol. The zero-order chi connectivity index (χ0) is 23.2. The van der Waals surface area contributed by atoms with Crippen LogP contribution in [0.5, 0.6) is 0 Å². The van der Waals surface area contributed by atoms with Gasteiger partial charge in [0, 0.05) is 22.5 Å². The Morgan fingerprint density at radius 3 is 2.73 bits per heavy atom. The fraction of sp³-hybridized carbons (Fsp3) is 0.143. The topological polar surface area (TPSA) is 92.9 Å². The number of aliphatic hydroxyl groups excluding tert-OH is 1. The largest absolute Gasteiger partial charge is 0.416 e. The maximum absolute atomic E-state index is 13.2. The molecular formula is C21H14F3N5O2S2. The van der Waals surface area contributed by atoms with Crippen LogP contribution in [0, 0.1) is 0 Å². The Labute approximate surface area is 192 Å². The van der Waals surface area contributed by atoms with Crippen molar-refractivity contribution in [2.45, 2.75) is 19.3 Å². The lowest BCUT2D eigenvalue weighted by Gasteiger charge is -2.10. The lowest BCUT2D eigenvalue weighted by atomic mass is 10.1. The van der Waals surface area contributed by atoms with Crippen LogP contribution in [0.15, 0.2) is 48.1 Å². The van der Waals surface area contributed by atoms with Crippen LogP contribution in [-0.2, 0) is 19.3 Å². The number of rotatable bonds is 5. The van der Waals surface area contributed by atoms with Gasteiger partial charge in [-0.1, -0.05) is 11.3 Å². The van der Waals surface area contributed by atoms with Crippen molar-refractivity contribution < 1.29 is 23.1 Å². The van der Waals surface area contributed by atoms with Crippen molar-refractivity contribution in [1.82, 2.24) is 19.5 Å². The van der Waals surface area contributed by atoms with Crippen molar-refractivity contribution in [1.29, 1.82) is 0 Å². The molecule has 0 spiro atoms. The normalized spacial score (nSPS) is 12.0. The summed E-state index contributed by atoms with van der Waals surface area (Å²) >= 11 is 2.63. The van der Waals surface area contributed by atoms with Crippen molar-refractivity contribution in [3.63, 3.8) is 0 Å². The van der Waals surface area contributed by atoms with Crippen molar-refractivity contribution >= 4 is 55.5 Å². The second-order valence-electron chi connectivity index (χ2n) is 7.08. The van der Waals surface area contributed by atoms with E-state index in [4.69, 9.17) is 0 Å². The van der Waals surface area contributed by atoms with Crippen LogP contribution in [0.4, 0.5) is 18.9 Å². The van der Waals surface area contributed by atoms with Crippen molar-refractivity contribution in [2.24, 2.45) is 0 Å². The van der Waals surface area contributed by atoms with E-state index in [1.165, 1.54) is 41.0 Å². The monoisotopic (exact) mass is 489 g/mol. The van der Waals surface area contributed by atoms with Gasteiger partial charge in [-0.05, 0) is 30.3 Å². The molecule has 1 aromatic carbocycles. The zero-order valence-corrected chi connectivity index (χ0v) is 18.3. The minimum absolute atomic E-state index is 0.189. The molecule has 0 unspecified atom stereocenters. The third-order valence-electron chi connectivity index (χ3n) is 4.92. The summed E-state index contributed by atoms with van der Waals surface area (Å²) in [5.41, 5.74) is 0.800. The van der Waals surface area contributed by atoms with Gasteiger partial charge in [-0.15, -0.1) is 11.3 Å². The number of carbonyl (C=O) groups is 1. The molecule has 5 rings (SSSR count). The summed E-state index contributed by atoms with van der Waals surface area (Å²) < 4.78 is 41.3. The van der Waals surface area contributed by atoms with Crippen LogP contribution in [-0.4, -0.2) is 30.5 Å². The molecule has 5 aromatic rings. The lowest BCUT2D eigenvalue weighted by Crippen LogP contribution is -2.17. The van der Waals surface area contributed by atoms with Crippen LogP contribution < -0.4 is 5.32 Å². The summed E-state index contributed by atoms with van der Waals surface area (Å²) in [5.74, 6) is -0.505. The van der Waals surface area contributed by atoms with Gasteiger partial charge in [-0.3, -0.25) is 4.79 Å². The number of halogens is 3. The number of pyridine rings is 1. The fourth-order valence-electron chi connectivity index (χ4n) is 3.47. The fourth-order valence-corrected chi connectivity index (χ4v) is 4.82. The molecule has 0 fully saturated rings. The third kappa shape index (κ3) is 4.19. The van der Waals surface area contributed by atoms with Crippen LogP contribution in [0.2, 0.25) is 0 Å². The maximum Gasteiger partial charge on any atom is 0.416 e. The van der Waals surface area contributed by atoms with E-state index in [0.717, 1.165) is 12.1 Å². The van der Waals surface area contributed by atoms with Gasteiger partial charge in [0.05, 0.1) is 30.6 Å². The van der Waals surface area contributed by atoms with E-state index in [1.54, 1.807) is 22.2 Å². The molecule has 0 aliphatic heterocycles. The van der Waals surface area contributed by atoms with E-state index in [9.17, 15) is 23.1 Å². The van der Waals surface area contributed by atoms with Gasteiger partial charge < -0.3 is 15.0 Å². The molecule has 0 atom stereocenters. The minimum atomic E-state index is -4.49. The molecule has 33 heavy (non-hydrogen) atoms. The molecule has 0 radical (unpaired) electrons. The third-order valence-corrected chi connectivity index (χ3v) is 6.65. The summed E-state index contributed by atoms with van der Waals surface area (Å²) in [5, 5.41) is 15.3. The first-order valence-electron chi connectivity index (χ1n) is 9.58. The molecule has 0 bridgehead atoms. The molecule has 0 saturated carbocycles. The smallest absolute Gasteiger partial charge is 0.389 e. The maximum atomic E-state index is 13.2. The van der Waals surface area contributed by atoms with Gasteiger partial charge >= 0.3 is 6.18 Å². The number of hydrogen-bond acceptors (Lipinski definition) is 7. The molecule has 4 heterocycles. The summed E-state index contributed by atoms with van der Waals surface area (Å²) in [6.45, 7) is 0.0258. The predicted molar refractivity (Wildman–Crippen MR) is 119 cm³/mol. The second kappa shape index (κ2) is 8.21. The van der Waals surface area contributed by atoms with Crippen molar-refractivity contribution in [2.75, 3.05) is 5.32 Å². The van der Waals surface area contributed by atoms with E-state index in [-0.39, 0.29) is 18.8 Å². The molecule has 4 aromatic heterocycles. The number of fused-ring (bicyclic) bond motifs is 2. The highest BCUT2D eigenvalue weighted by atomic mass is 32.1. The van der Waals surface area contributed by atoms with Crippen molar-refractivity contribution in [3.05, 3.63) is 69.4 Å². The molecule has 0 saturated heterocycles. The quantitative estimate of drug-likeness (QED) is 0.366. The van der Waals surface area contributed by atoms with E-state index in [0.29, 0.717) is 37.0 Å². The van der Waals surface area contributed by atoms with E-state index in [1.807, 2.05) is 0 Å². The first-order valence-corrected chi connectivity index (χ1v) is 11.3. The number of aromatic nitrogens is 4. The van der Waals surface area contributed by atoms with E-state index >= 15 is 0 Å². The summed E-state index contributed by atoms with van der Waals surface area (Å²) in [6.07, 6.45) is -1.40. The number of nitrogens with zero attached hydrogens (tertiary/aromatic N) is 4. The molecule has 0 aliphatic rings. The number of benzene rings is 1. The molecule has 168 valence electrons. The van der Waals surface area contributed by atoms with Gasteiger partial charge in [-0.2, -0.15) is 13.2 Å².